The van der Waals surface area contributed by atoms with Crippen LogP contribution >= 0.6 is 11.8 Å². The third kappa shape index (κ3) is 5.16. The predicted octanol–water partition coefficient (Wildman–Crippen LogP) is 2.71. The zero-order chi connectivity index (χ0) is 14.5. The van der Waals surface area contributed by atoms with E-state index in [-0.39, 0.29) is 5.75 Å². The normalized spacial score (nSPS) is 12.6. The van der Waals surface area contributed by atoms with Gasteiger partial charge >= 0.3 is 0 Å². The van der Waals surface area contributed by atoms with Crippen LogP contribution in [0.25, 0.3) is 0 Å². The van der Waals surface area contributed by atoms with Gasteiger partial charge in [-0.05, 0) is 45.5 Å². The Labute approximate surface area is 121 Å². The highest BCUT2D eigenvalue weighted by molar-refractivity contribution is 8.01. The lowest BCUT2D eigenvalue weighted by atomic mass is 10.2. The van der Waals surface area contributed by atoms with Crippen LogP contribution in [-0.4, -0.2) is 31.7 Å². The van der Waals surface area contributed by atoms with Gasteiger partial charge in [0.25, 0.3) is 0 Å². The molecule has 1 rings (SSSR count). The van der Waals surface area contributed by atoms with E-state index >= 15 is 0 Å². The SMILES string of the molecule is CNCc1cccc(SCCS(=O)(=O)C(C)(C)C)c1. The minimum Gasteiger partial charge on any atom is -0.316 e. The molecule has 0 bridgehead atoms. The topological polar surface area (TPSA) is 46.2 Å². The Morgan fingerprint density at radius 1 is 1.26 bits per heavy atom. The van der Waals surface area contributed by atoms with Gasteiger partial charge < -0.3 is 5.32 Å². The van der Waals surface area contributed by atoms with E-state index in [2.05, 4.69) is 17.4 Å². The van der Waals surface area contributed by atoms with Gasteiger partial charge in [0.05, 0.1) is 10.5 Å². The largest absolute Gasteiger partial charge is 0.316 e. The van der Waals surface area contributed by atoms with Crippen LogP contribution in [-0.2, 0) is 16.4 Å². The lowest BCUT2D eigenvalue weighted by Gasteiger charge is -2.18. The van der Waals surface area contributed by atoms with Crippen molar-refractivity contribution in [3.8, 4) is 0 Å². The smallest absolute Gasteiger partial charge is 0.156 e. The van der Waals surface area contributed by atoms with Crippen molar-refractivity contribution in [2.24, 2.45) is 0 Å². The molecule has 1 N–H and O–H groups in total. The average molecular weight is 301 g/mol. The van der Waals surface area contributed by atoms with Crippen molar-refractivity contribution in [2.45, 2.75) is 37.0 Å². The molecule has 108 valence electrons. The molecule has 0 aliphatic heterocycles. The lowest BCUT2D eigenvalue weighted by molar-refractivity contribution is 0.562. The predicted molar refractivity (Wildman–Crippen MR) is 83.5 cm³/mol. The van der Waals surface area contributed by atoms with E-state index in [9.17, 15) is 8.42 Å². The summed E-state index contributed by atoms with van der Waals surface area (Å²) in [6, 6.07) is 8.19. The monoisotopic (exact) mass is 301 g/mol. The summed E-state index contributed by atoms with van der Waals surface area (Å²) < 4.78 is 23.3. The zero-order valence-electron chi connectivity index (χ0n) is 12.1. The van der Waals surface area contributed by atoms with Gasteiger partial charge in [0.1, 0.15) is 0 Å². The molecule has 0 spiro atoms. The second-order valence-corrected chi connectivity index (χ2v) is 9.49. The Bertz CT molecular complexity index is 504. The summed E-state index contributed by atoms with van der Waals surface area (Å²) in [7, 11) is -1.11. The van der Waals surface area contributed by atoms with Crippen molar-refractivity contribution < 1.29 is 8.42 Å². The third-order valence-corrected chi connectivity index (χ3v) is 6.69. The first-order chi connectivity index (χ1) is 8.76. The third-order valence-electron chi connectivity index (χ3n) is 2.83. The number of hydrogen-bond donors (Lipinski definition) is 1. The summed E-state index contributed by atoms with van der Waals surface area (Å²) in [6.45, 7) is 6.08. The van der Waals surface area contributed by atoms with Crippen LogP contribution in [0.15, 0.2) is 29.2 Å². The highest BCUT2D eigenvalue weighted by Crippen LogP contribution is 2.22. The van der Waals surface area contributed by atoms with E-state index in [1.807, 2.05) is 19.2 Å². The molecule has 0 saturated carbocycles. The van der Waals surface area contributed by atoms with Crippen LogP contribution in [0.5, 0.6) is 0 Å². The van der Waals surface area contributed by atoms with Crippen molar-refractivity contribution in [3.05, 3.63) is 29.8 Å². The fourth-order valence-electron chi connectivity index (χ4n) is 1.52. The summed E-state index contributed by atoms with van der Waals surface area (Å²) in [6.07, 6.45) is 0. The average Bonchev–Trinajstić information content (AvgIpc) is 2.28. The highest BCUT2D eigenvalue weighted by Gasteiger charge is 2.28. The standard InChI is InChI=1S/C14H23NO2S2/c1-14(2,3)19(16,17)9-8-18-13-7-5-6-12(10-13)11-15-4/h5-7,10,15H,8-9,11H2,1-4H3. The molecule has 0 aromatic heterocycles. The zero-order valence-corrected chi connectivity index (χ0v) is 13.7. The molecule has 0 saturated heterocycles. The van der Waals surface area contributed by atoms with Crippen molar-refractivity contribution >= 4 is 21.6 Å². The maximum atomic E-state index is 12.0. The van der Waals surface area contributed by atoms with E-state index in [0.29, 0.717) is 5.75 Å². The summed E-state index contributed by atoms with van der Waals surface area (Å²) in [4.78, 5) is 1.12. The Morgan fingerprint density at radius 3 is 2.53 bits per heavy atom. The second kappa shape index (κ2) is 6.77. The molecule has 1 aromatic rings. The molecule has 1 aromatic carbocycles. The molecule has 0 heterocycles. The fraction of sp³-hybridized carbons (Fsp3) is 0.571. The van der Waals surface area contributed by atoms with E-state index in [1.54, 1.807) is 32.5 Å². The molecule has 19 heavy (non-hydrogen) atoms. The molecular weight excluding hydrogens is 278 g/mol. The van der Waals surface area contributed by atoms with Gasteiger partial charge in [-0.1, -0.05) is 12.1 Å². The number of thioether (sulfide) groups is 1. The van der Waals surface area contributed by atoms with Gasteiger partial charge in [0, 0.05) is 17.2 Å². The maximum absolute atomic E-state index is 12.0. The molecular formula is C14H23NO2S2. The van der Waals surface area contributed by atoms with Gasteiger partial charge in [-0.15, -0.1) is 11.8 Å². The summed E-state index contributed by atoms with van der Waals surface area (Å²) in [5, 5.41) is 3.11. The fourth-order valence-corrected chi connectivity index (χ4v) is 3.99. The molecule has 0 aliphatic carbocycles. The first-order valence-corrected chi connectivity index (χ1v) is 8.99. The number of rotatable bonds is 6. The quantitative estimate of drug-likeness (QED) is 0.821. The van der Waals surface area contributed by atoms with Crippen molar-refractivity contribution in [3.63, 3.8) is 0 Å². The first-order valence-electron chi connectivity index (χ1n) is 6.35. The van der Waals surface area contributed by atoms with Crippen molar-refractivity contribution in [1.82, 2.24) is 5.32 Å². The minimum atomic E-state index is -3.02. The van der Waals surface area contributed by atoms with E-state index in [1.165, 1.54) is 5.56 Å². The number of hydrogen-bond acceptors (Lipinski definition) is 4. The number of benzene rings is 1. The minimum absolute atomic E-state index is 0.220. The van der Waals surface area contributed by atoms with Crippen molar-refractivity contribution in [2.75, 3.05) is 18.6 Å². The summed E-state index contributed by atoms with van der Waals surface area (Å²) >= 11 is 1.60. The van der Waals surface area contributed by atoms with E-state index in [0.717, 1.165) is 11.4 Å². The number of nitrogens with one attached hydrogen (secondary N) is 1. The van der Waals surface area contributed by atoms with Crippen LogP contribution < -0.4 is 5.32 Å². The van der Waals surface area contributed by atoms with Crippen LogP contribution in [0.4, 0.5) is 0 Å². The van der Waals surface area contributed by atoms with Gasteiger partial charge in [0.15, 0.2) is 9.84 Å². The molecule has 0 unspecified atom stereocenters. The maximum Gasteiger partial charge on any atom is 0.156 e. The highest BCUT2D eigenvalue weighted by atomic mass is 32.2. The first kappa shape index (κ1) is 16.5. The van der Waals surface area contributed by atoms with Crippen LogP contribution in [0.1, 0.15) is 26.3 Å². The summed E-state index contributed by atoms with van der Waals surface area (Å²) in [5.41, 5.74) is 1.21. The van der Waals surface area contributed by atoms with Crippen LogP contribution in [0.3, 0.4) is 0 Å². The van der Waals surface area contributed by atoms with Crippen LogP contribution in [0, 0.1) is 0 Å². The van der Waals surface area contributed by atoms with E-state index < -0.39 is 14.6 Å². The van der Waals surface area contributed by atoms with E-state index in [4.69, 9.17) is 0 Å². The molecule has 0 atom stereocenters. The second-order valence-electron chi connectivity index (χ2n) is 5.46. The van der Waals surface area contributed by atoms with Gasteiger partial charge in [-0.2, -0.15) is 0 Å². The molecule has 0 fully saturated rings. The Morgan fingerprint density at radius 2 is 1.95 bits per heavy atom. The van der Waals surface area contributed by atoms with Gasteiger partial charge in [-0.25, -0.2) is 8.42 Å². The number of sulfone groups is 1. The molecule has 0 radical (unpaired) electrons. The van der Waals surface area contributed by atoms with Gasteiger partial charge in [-0.3, -0.25) is 0 Å². The van der Waals surface area contributed by atoms with Crippen LogP contribution in [0.2, 0.25) is 0 Å². The Kier molecular flexibility index (Phi) is 5.89. The Balaban J connectivity index is 2.56. The molecule has 0 amide bonds. The lowest BCUT2D eigenvalue weighted by Crippen LogP contribution is -2.31. The molecule has 5 heteroatoms. The summed E-state index contributed by atoms with van der Waals surface area (Å²) in [5.74, 6) is 0.819. The van der Waals surface area contributed by atoms with Gasteiger partial charge in [0.2, 0.25) is 0 Å². The van der Waals surface area contributed by atoms with Crippen molar-refractivity contribution in [1.29, 1.82) is 0 Å². The Hall–Kier alpha value is -0.520. The molecule has 0 aliphatic rings. The molecule has 3 nitrogen and oxygen atoms in total.